The lowest BCUT2D eigenvalue weighted by Gasteiger charge is -2.08. The van der Waals surface area contributed by atoms with E-state index in [1.54, 1.807) is 0 Å². The summed E-state index contributed by atoms with van der Waals surface area (Å²) < 4.78 is 5.37. The zero-order chi connectivity index (χ0) is 12.5. The summed E-state index contributed by atoms with van der Waals surface area (Å²) in [4.78, 5) is 0. The van der Waals surface area contributed by atoms with E-state index in [-0.39, 0.29) is 6.61 Å². The van der Waals surface area contributed by atoms with E-state index in [0.29, 0.717) is 11.6 Å². The van der Waals surface area contributed by atoms with Gasteiger partial charge in [0, 0.05) is 13.2 Å². The van der Waals surface area contributed by atoms with Gasteiger partial charge in [-0.25, -0.2) is 0 Å². The third-order valence-electron chi connectivity index (χ3n) is 2.39. The molecule has 96 valence electrons. The van der Waals surface area contributed by atoms with Gasteiger partial charge in [0.15, 0.2) is 0 Å². The highest BCUT2D eigenvalue weighted by molar-refractivity contribution is 6.32. The number of hydrogen-bond acceptors (Lipinski definition) is 3. The van der Waals surface area contributed by atoms with Crippen molar-refractivity contribution in [2.24, 2.45) is 0 Å². The second-order valence-corrected chi connectivity index (χ2v) is 4.21. The Kier molecular flexibility index (Phi) is 7.01. The second-order valence-electron chi connectivity index (χ2n) is 3.81. The summed E-state index contributed by atoms with van der Waals surface area (Å²) in [6.07, 6.45) is 1.83. The van der Waals surface area contributed by atoms with Crippen LogP contribution in [0.3, 0.4) is 0 Å². The van der Waals surface area contributed by atoms with E-state index in [1.165, 1.54) is 0 Å². The zero-order valence-electron chi connectivity index (χ0n) is 10.2. The standard InChI is InChI=1S/C13H20ClNO2/c1-2-17-13-6-5-11(9-12(13)14)10-15-7-3-4-8-16/h5-6,9,15-16H,2-4,7-8,10H2,1H3. The smallest absolute Gasteiger partial charge is 0.137 e. The Morgan fingerprint density at radius 1 is 1.35 bits per heavy atom. The van der Waals surface area contributed by atoms with Crippen LogP contribution in [-0.2, 0) is 6.54 Å². The summed E-state index contributed by atoms with van der Waals surface area (Å²) in [5.74, 6) is 0.734. The van der Waals surface area contributed by atoms with Crippen LogP contribution in [0, 0.1) is 0 Å². The fourth-order valence-corrected chi connectivity index (χ4v) is 1.78. The van der Waals surface area contributed by atoms with Crippen molar-refractivity contribution in [1.82, 2.24) is 5.32 Å². The van der Waals surface area contributed by atoms with Gasteiger partial charge in [0.1, 0.15) is 5.75 Å². The highest BCUT2D eigenvalue weighted by Crippen LogP contribution is 2.25. The van der Waals surface area contributed by atoms with Gasteiger partial charge in [0.05, 0.1) is 11.6 Å². The van der Waals surface area contributed by atoms with Gasteiger partial charge in [-0.1, -0.05) is 17.7 Å². The first-order valence-electron chi connectivity index (χ1n) is 6.00. The Labute approximate surface area is 108 Å². The molecule has 0 aliphatic rings. The molecule has 0 saturated heterocycles. The monoisotopic (exact) mass is 257 g/mol. The van der Waals surface area contributed by atoms with Crippen molar-refractivity contribution in [3.05, 3.63) is 28.8 Å². The van der Waals surface area contributed by atoms with Gasteiger partial charge in [-0.2, -0.15) is 0 Å². The Bertz CT molecular complexity index is 331. The minimum Gasteiger partial charge on any atom is -0.492 e. The van der Waals surface area contributed by atoms with Gasteiger partial charge in [-0.05, 0) is 44.0 Å². The van der Waals surface area contributed by atoms with Crippen molar-refractivity contribution >= 4 is 11.6 Å². The molecule has 0 fully saturated rings. The summed E-state index contributed by atoms with van der Waals surface area (Å²) in [5.41, 5.74) is 1.14. The van der Waals surface area contributed by atoms with Gasteiger partial charge in [-0.15, -0.1) is 0 Å². The second kappa shape index (κ2) is 8.34. The molecule has 0 aromatic heterocycles. The molecule has 0 radical (unpaired) electrons. The van der Waals surface area contributed by atoms with E-state index >= 15 is 0 Å². The minimum absolute atomic E-state index is 0.260. The van der Waals surface area contributed by atoms with Gasteiger partial charge in [-0.3, -0.25) is 0 Å². The van der Waals surface area contributed by atoms with Crippen molar-refractivity contribution in [2.75, 3.05) is 19.8 Å². The SMILES string of the molecule is CCOc1ccc(CNCCCCO)cc1Cl. The van der Waals surface area contributed by atoms with E-state index in [9.17, 15) is 0 Å². The molecule has 0 atom stereocenters. The first kappa shape index (κ1) is 14.3. The quantitative estimate of drug-likeness (QED) is 0.704. The molecule has 4 heteroatoms. The fourth-order valence-electron chi connectivity index (χ4n) is 1.52. The largest absolute Gasteiger partial charge is 0.492 e. The molecular formula is C13H20ClNO2. The van der Waals surface area contributed by atoms with E-state index in [2.05, 4.69) is 5.32 Å². The third-order valence-corrected chi connectivity index (χ3v) is 2.68. The predicted octanol–water partition coefficient (Wildman–Crippen LogP) is 2.60. The molecule has 2 N–H and O–H groups in total. The van der Waals surface area contributed by atoms with E-state index < -0.39 is 0 Å². The first-order chi connectivity index (χ1) is 8.27. The molecule has 0 heterocycles. The van der Waals surface area contributed by atoms with Gasteiger partial charge in [0.25, 0.3) is 0 Å². The van der Waals surface area contributed by atoms with Crippen LogP contribution < -0.4 is 10.1 Å². The molecule has 0 unspecified atom stereocenters. The minimum atomic E-state index is 0.260. The Balaban J connectivity index is 2.36. The molecule has 0 spiro atoms. The van der Waals surface area contributed by atoms with Gasteiger partial charge in [0.2, 0.25) is 0 Å². The summed E-state index contributed by atoms with van der Waals surface area (Å²) in [6.45, 7) is 4.52. The number of aliphatic hydroxyl groups is 1. The molecule has 0 saturated carbocycles. The van der Waals surface area contributed by atoms with Crippen LogP contribution in [0.2, 0.25) is 5.02 Å². The van der Waals surface area contributed by atoms with Crippen LogP contribution in [0.5, 0.6) is 5.75 Å². The fraction of sp³-hybridized carbons (Fsp3) is 0.538. The average molecular weight is 258 g/mol. The maximum atomic E-state index is 8.64. The van der Waals surface area contributed by atoms with Crippen molar-refractivity contribution in [3.8, 4) is 5.75 Å². The molecule has 0 amide bonds. The van der Waals surface area contributed by atoms with E-state index in [0.717, 1.165) is 37.2 Å². The summed E-state index contributed by atoms with van der Waals surface area (Å²) in [7, 11) is 0. The summed E-state index contributed by atoms with van der Waals surface area (Å²) >= 11 is 6.08. The highest BCUT2D eigenvalue weighted by Gasteiger charge is 2.02. The number of hydrogen-bond donors (Lipinski definition) is 2. The summed E-state index contributed by atoms with van der Waals surface area (Å²) in [6, 6.07) is 5.83. The Morgan fingerprint density at radius 3 is 2.82 bits per heavy atom. The third kappa shape index (κ3) is 5.39. The molecule has 0 aliphatic carbocycles. The lowest BCUT2D eigenvalue weighted by molar-refractivity contribution is 0.283. The first-order valence-corrected chi connectivity index (χ1v) is 6.38. The predicted molar refractivity (Wildman–Crippen MR) is 70.6 cm³/mol. The molecule has 17 heavy (non-hydrogen) atoms. The number of benzene rings is 1. The number of halogens is 1. The molecular weight excluding hydrogens is 238 g/mol. The normalized spacial score (nSPS) is 10.5. The number of rotatable bonds is 8. The summed E-state index contributed by atoms with van der Waals surface area (Å²) in [5, 5.41) is 12.6. The molecule has 1 aromatic rings. The highest BCUT2D eigenvalue weighted by atomic mass is 35.5. The van der Waals surface area contributed by atoms with Crippen molar-refractivity contribution in [2.45, 2.75) is 26.3 Å². The maximum Gasteiger partial charge on any atom is 0.137 e. The van der Waals surface area contributed by atoms with Crippen LogP contribution in [0.1, 0.15) is 25.3 Å². The van der Waals surface area contributed by atoms with E-state index in [1.807, 2.05) is 25.1 Å². The molecule has 0 aliphatic heterocycles. The van der Waals surface area contributed by atoms with Crippen LogP contribution in [0.4, 0.5) is 0 Å². The van der Waals surface area contributed by atoms with Crippen molar-refractivity contribution in [3.63, 3.8) is 0 Å². The zero-order valence-corrected chi connectivity index (χ0v) is 11.0. The lowest BCUT2D eigenvalue weighted by atomic mass is 10.2. The Morgan fingerprint density at radius 2 is 2.18 bits per heavy atom. The van der Waals surface area contributed by atoms with Crippen LogP contribution >= 0.6 is 11.6 Å². The van der Waals surface area contributed by atoms with Crippen LogP contribution in [0.25, 0.3) is 0 Å². The average Bonchev–Trinajstić information content (AvgIpc) is 2.32. The number of unbranched alkanes of at least 4 members (excludes halogenated alkanes) is 1. The number of nitrogens with one attached hydrogen (secondary N) is 1. The van der Waals surface area contributed by atoms with Gasteiger partial charge >= 0.3 is 0 Å². The van der Waals surface area contributed by atoms with Crippen molar-refractivity contribution < 1.29 is 9.84 Å². The van der Waals surface area contributed by atoms with E-state index in [4.69, 9.17) is 21.4 Å². The number of aliphatic hydroxyl groups excluding tert-OH is 1. The number of ether oxygens (including phenoxy) is 1. The maximum absolute atomic E-state index is 8.64. The molecule has 3 nitrogen and oxygen atoms in total. The molecule has 1 rings (SSSR count). The van der Waals surface area contributed by atoms with Gasteiger partial charge < -0.3 is 15.2 Å². The lowest BCUT2D eigenvalue weighted by Crippen LogP contribution is -2.15. The Hall–Kier alpha value is -0.770. The van der Waals surface area contributed by atoms with Crippen LogP contribution in [0.15, 0.2) is 18.2 Å². The molecule has 0 bridgehead atoms. The molecule has 1 aromatic carbocycles. The van der Waals surface area contributed by atoms with Crippen LogP contribution in [-0.4, -0.2) is 24.9 Å². The topological polar surface area (TPSA) is 41.5 Å². The van der Waals surface area contributed by atoms with Crippen molar-refractivity contribution in [1.29, 1.82) is 0 Å².